The van der Waals surface area contributed by atoms with E-state index in [1.54, 1.807) is 30.5 Å². The molecule has 0 aliphatic rings. The maximum absolute atomic E-state index is 12.4. The van der Waals surface area contributed by atoms with Gasteiger partial charge >= 0.3 is 5.97 Å². The molecule has 0 radical (unpaired) electrons. The van der Waals surface area contributed by atoms with E-state index in [-0.39, 0.29) is 11.3 Å². The SMILES string of the molecule is C=CCC(NS(=O)(=O)c1cccc2ncccc12)C(=O)O. The van der Waals surface area contributed by atoms with Crippen LogP contribution in [-0.4, -0.2) is 30.5 Å². The highest BCUT2D eigenvalue weighted by molar-refractivity contribution is 7.89. The Morgan fingerprint density at radius 3 is 2.81 bits per heavy atom. The first-order chi connectivity index (χ1) is 9.95. The van der Waals surface area contributed by atoms with Gasteiger partial charge in [0.2, 0.25) is 10.0 Å². The van der Waals surface area contributed by atoms with Crippen molar-refractivity contribution in [3.63, 3.8) is 0 Å². The molecule has 1 aromatic carbocycles. The fraction of sp³-hybridized carbons (Fsp3) is 0.143. The number of aliphatic carboxylic acids is 1. The summed E-state index contributed by atoms with van der Waals surface area (Å²) in [6.07, 6.45) is 2.91. The van der Waals surface area contributed by atoms with Crippen molar-refractivity contribution < 1.29 is 18.3 Å². The van der Waals surface area contributed by atoms with Crippen molar-refractivity contribution in [2.45, 2.75) is 17.4 Å². The van der Waals surface area contributed by atoms with E-state index >= 15 is 0 Å². The van der Waals surface area contributed by atoms with Gasteiger partial charge in [-0.15, -0.1) is 6.58 Å². The second-order valence-corrected chi connectivity index (χ2v) is 6.05. The lowest BCUT2D eigenvalue weighted by Gasteiger charge is -2.14. The normalized spacial score (nSPS) is 13.0. The van der Waals surface area contributed by atoms with Crippen molar-refractivity contribution in [2.24, 2.45) is 0 Å². The van der Waals surface area contributed by atoms with E-state index in [0.29, 0.717) is 10.9 Å². The van der Waals surface area contributed by atoms with E-state index in [9.17, 15) is 13.2 Å². The van der Waals surface area contributed by atoms with Gasteiger partial charge in [0.15, 0.2) is 0 Å². The Morgan fingerprint density at radius 1 is 1.38 bits per heavy atom. The minimum atomic E-state index is -3.97. The van der Waals surface area contributed by atoms with Crippen LogP contribution in [-0.2, 0) is 14.8 Å². The topological polar surface area (TPSA) is 96.4 Å². The molecule has 2 N–H and O–H groups in total. The molecule has 0 aliphatic carbocycles. The van der Waals surface area contributed by atoms with Crippen LogP contribution in [0.5, 0.6) is 0 Å². The Bertz CT molecular complexity index is 781. The van der Waals surface area contributed by atoms with E-state index in [1.165, 1.54) is 12.1 Å². The molecule has 0 saturated carbocycles. The van der Waals surface area contributed by atoms with Gasteiger partial charge in [0.1, 0.15) is 6.04 Å². The number of nitrogens with zero attached hydrogens (tertiary/aromatic N) is 1. The van der Waals surface area contributed by atoms with Gasteiger partial charge in [-0.05, 0) is 30.7 Å². The van der Waals surface area contributed by atoms with E-state index < -0.39 is 22.0 Å². The predicted octanol–water partition coefficient (Wildman–Crippen LogP) is 1.54. The zero-order chi connectivity index (χ0) is 15.5. The molecule has 2 aromatic rings. The molecular formula is C14H14N2O4S. The van der Waals surface area contributed by atoms with Crippen LogP contribution < -0.4 is 4.72 Å². The first-order valence-electron chi connectivity index (χ1n) is 6.15. The van der Waals surface area contributed by atoms with Crippen molar-refractivity contribution in [3.8, 4) is 0 Å². The number of hydrogen-bond donors (Lipinski definition) is 2. The summed E-state index contributed by atoms with van der Waals surface area (Å²) in [7, 11) is -3.97. The van der Waals surface area contributed by atoms with Crippen LogP contribution in [0.15, 0.2) is 54.1 Å². The van der Waals surface area contributed by atoms with E-state index in [0.717, 1.165) is 0 Å². The minimum Gasteiger partial charge on any atom is -0.480 e. The Balaban J connectivity index is 2.47. The molecule has 1 heterocycles. The third-order valence-electron chi connectivity index (χ3n) is 2.89. The van der Waals surface area contributed by atoms with Crippen molar-refractivity contribution >= 4 is 26.9 Å². The van der Waals surface area contributed by atoms with Crippen LogP contribution in [0, 0.1) is 0 Å². The van der Waals surface area contributed by atoms with E-state index in [2.05, 4.69) is 16.3 Å². The number of sulfonamides is 1. The molecule has 1 unspecified atom stereocenters. The first kappa shape index (κ1) is 15.1. The van der Waals surface area contributed by atoms with Gasteiger partial charge in [0.05, 0.1) is 10.4 Å². The molecule has 1 aromatic heterocycles. The Morgan fingerprint density at radius 2 is 2.14 bits per heavy atom. The third-order valence-corrected chi connectivity index (χ3v) is 4.42. The van der Waals surface area contributed by atoms with Crippen molar-refractivity contribution in [1.82, 2.24) is 9.71 Å². The quantitative estimate of drug-likeness (QED) is 0.789. The Labute approximate surface area is 122 Å². The lowest BCUT2D eigenvalue weighted by molar-refractivity contribution is -0.138. The average Bonchev–Trinajstić information content (AvgIpc) is 2.46. The van der Waals surface area contributed by atoms with Crippen LogP contribution in [0.1, 0.15) is 6.42 Å². The number of nitrogens with one attached hydrogen (secondary N) is 1. The molecule has 21 heavy (non-hydrogen) atoms. The monoisotopic (exact) mass is 306 g/mol. The average molecular weight is 306 g/mol. The van der Waals surface area contributed by atoms with Crippen LogP contribution in [0.4, 0.5) is 0 Å². The van der Waals surface area contributed by atoms with Gasteiger partial charge in [0, 0.05) is 11.6 Å². The number of aromatic nitrogens is 1. The molecule has 7 heteroatoms. The number of rotatable bonds is 6. The summed E-state index contributed by atoms with van der Waals surface area (Å²) < 4.78 is 27.0. The number of carbonyl (C=O) groups is 1. The molecule has 0 amide bonds. The summed E-state index contributed by atoms with van der Waals surface area (Å²) in [4.78, 5) is 15.2. The highest BCUT2D eigenvalue weighted by Gasteiger charge is 2.25. The molecule has 0 spiro atoms. The zero-order valence-corrected chi connectivity index (χ0v) is 11.9. The number of carboxylic acids is 1. The smallest absolute Gasteiger partial charge is 0.322 e. The number of benzene rings is 1. The molecule has 2 rings (SSSR count). The van der Waals surface area contributed by atoms with Crippen molar-refractivity contribution in [2.75, 3.05) is 0 Å². The van der Waals surface area contributed by atoms with Crippen molar-refractivity contribution in [3.05, 3.63) is 49.2 Å². The molecule has 6 nitrogen and oxygen atoms in total. The summed E-state index contributed by atoms with van der Waals surface area (Å²) >= 11 is 0. The van der Waals surface area contributed by atoms with Gasteiger partial charge in [-0.2, -0.15) is 4.72 Å². The van der Waals surface area contributed by atoms with Crippen LogP contribution in [0.3, 0.4) is 0 Å². The summed E-state index contributed by atoms with van der Waals surface area (Å²) in [5.41, 5.74) is 0.524. The van der Waals surface area contributed by atoms with E-state index in [1.807, 2.05) is 0 Å². The van der Waals surface area contributed by atoms with Crippen LogP contribution in [0.2, 0.25) is 0 Å². The van der Waals surface area contributed by atoms with Gasteiger partial charge in [-0.25, -0.2) is 8.42 Å². The lowest BCUT2D eigenvalue weighted by Crippen LogP contribution is -2.40. The number of fused-ring (bicyclic) bond motifs is 1. The van der Waals surface area contributed by atoms with Gasteiger partial charge in [-0.1, -0.05) is 12.1 Å². The maximum Gasteiger partial charge on any atom is 0.322 e. The second-order valence-electron chi connectivity index (χ2n) is 4.36. The highest BCUT2D eigenvalue weighted by atomic mass is 32.2. The Kier molecular flexibility index (Phi) is 4.35. The summed E-state index contributed by atoms with van der Waals surface area (Å²) in [6.45, 7) is 3.43. The lowest BCUT2D eigenvalue weighted by atomic mass is 10.2. The molecule has 0 aliphatic heterocycles. The zero-order valence-electron chi connectivity index (χ0n) is 11.1. The second kappa shape index (κ2) is 6.02. The number of carboxylic acid groups (broad SMARTS) is 1. The molecule has 0 saturated heterocycles. The largest absolute Gasteiger partial charge is 0.480 e. The van der Waals surface area contributed by atoms with E-state index in [4.69, 9.17) is 5.11 Å². The molecule has 0 bridgehead atoms. The number of hydrogen-bond acceptors (Lipinski definition) is 4. The summed E-state index contributed by atoms with van der Waals surface area (Å²) in [5.74, 6) is -1.25. The summed E-state index contributed by atoms with van der Waals surface area (Å²) in [6, 6.07) is 6.67. The van der Waals surface area contributed by atoms with Gasteiger partial charge in [-0.3, -0.25) is 9.78 Å². The minimum absolute atomic E-state index is 0.00240. The standard InChI is InChI=1S/C14H14N2O4S/c1-2-5-12(14(17)18)16-21(19,20)13-8-3-7-11-10(13)6-4-9-15-11/h2-4,6-9,12,16H,1,5H2,(H,17,18). The van der Waals surface area contributed by atoms with Gasteiger partial charge < -0.3 is 5.11 Å². The molecule has 110 valence electrons. The van der Waals surface area contributed by atoms with Crippen LogP contribution >= 0.6 is 0 Å². The molecular weight excluding hydrogens is 292 g/mol. The van der Waals surface area contributed by atoms with Crippen LogP contribution in [0.25, 0.3) is 10.9 Å². The number of pyridine rings is 1. The predicted molar refractivity (Wildman–Crippen MR) is 78.3 cm³/mol. The third kappa shape index (κ3) is 3.26. The van der Waals surface area contributed by atoms with Crippen molar-refractivity contribution in [1.29, 1.82) is 0 Å². The highest BCUT2D eigenvalue weighted by Crippen LogP contribution is 2.21. The van der Waals surface area contributed by atoms with Gasteiger partial charge in [0.25, 0.3) is 0 Å². The Hall–Kier alpha value is -2.25. The molecule has 1 atom stereocenters. The maximum atomic E-state index is 12.4. The fourth-order valence-electron chi connectivity index (χ4n) is 1.93. The first-order valence-corrected chi connectivity index (χ1v) is 7.64. The summed E-state index contributed by atoms with van der Waals surface area (Å²) in [5, 5.41) is 9.48. The molecule has 0 fully saturated rings. The fourth-order valence-corrected chi connectivity index (χ4v) is 3.34.